The van der Waals surface area contributed by atoms with Crippen molar-refractivity contribution < 1.29 is 4.79 Å². The van der Waals surface area contributed by atoms with Crippen LogP contribution >= 0.6 is 11.3 Å². The molecule has 0 saturated heterocycles. The van der Waals surface area contributed by atoms with E-state index < -0.39 is 0 Å². The van der Waals surface area contributed by atoms with Crippen molar-refractivity contribution in [1.29, 1.82) is 0 Å². The smallest absolute Gasteiger partial charge is 0.233 e. The second-order valence-electron chi connectivity index (χ2n) is 3.24. The Morgan fingerprint density at radius 2 is 2.36 bits per heavy atom. The fraction of sp³-hybridized carbons (Fsp3) is 0.500. The number of thiophene rings is 1. The maximum absolute atomic E-state index is 11.0. The van der Waals surface area contributed by atoms with Crippen LogP contribution in [0.5, 0.6) is 0 Å². The molecular formula is C10H16N2OS. The zero-order valence-electron chi connectivity index (χ0n) is 8.76. The van der Waals surface area contributed by atoms with Gasteiger partial charge in [0.15, 0.2) is 0 Å². The fourth-order valence-corrected chi connectivity index (χ4v) is 2.22. The van der Waals surface area contributed by atoms with Gasteiger partial charge >= 0.3 is 0 Å². The zero-order chi connectivity index (χ0) is 10.6. The molecule has 0 spiro atoms. The van der Waals surface area contributed by atoms with Gasteiger partial charge in [-0.15, -0.1) is 11.3 Å². The van der Waals surface area contributed by atoms with E-state index in [1.807, 2.05) is 0 Å². The van der Waals surface area contributed by atoms with Crippen molar-refractivity contribution in [2.24, 2.45) is 0 Å². The van der Waals surface area contributed by atoms with Gasteiger partial charge < -0.3 is 10.6 Å². The van der Waals surface area contributed by atoms with E-state index in [1.165, 1.54) is 10.4 Å². The maximum Gasteiger partial charge on any atom is 0.233 e. The highest BCUT2D eigenvalue weighted by atomic mass is 32.1. The first-order valence-electron chi connectivity index (χ1n) is 4.63. The van der Waals surface area contributed by atoms with Crippen LogP contribution in [-0.4, -0.2) is 19.5 Å². The molecule has 1 amide bonds. The molecule has 1 atom stereocenters. The van der Waals surface area contributed by atoms with Crippen molar-refractivity contribution in [2.75, 3.05) is 13.6 Å². The summed E-state index contributed by atoms with van der Waals surface area (Å²) in [5.41, 5.74) is 1.28. The van der Waals surface area contributed by atoms with Crippen LogP contribution in [0.15, 0.2) is 11.4 Å². The Morgan fingerprint density at radius 1 is 1.64 bits per heavy atom. The monoisotopic (exact) mass is 212 g/mol. The van der Waals surface area contributed by atoms with E-state index in [-0.39, 0.29) is 11.9 Å². The molecule has 0 aliphatic rings. The van der Waals surface area contributed by atoms with Gasteiger partial charge in [0.05, 0.1) is 6.54 Å². The molecule has 0 bridgehead atoms. The highest BCUT2D eigenvalue weighted by molar-refractivity contribution is 7.10. The van der Waals surface area contributed by atoms with E-state index in [9.17, 15) is 4.79 Å². The molecule has 14 heavy (non-hydrogen) atoms. The van der Waals surface area contributed by atoms with E-state index in [2.05, 4.69) is 35.9 Å². The summed E-state index contributed by atoms with van der Waals surface area (Å²) in [4.78, 5) is 12.3. The van der Waals surface area contributed by atoms with Gasteiger partial charge in [-0.2, -0.15) is 0 Å². The normalized spacial score (nSPS) is 12.5. The predicted molar refractivity (Wildman–Crippen MR) is 59.5 cm³/mol. The quantitative estimate of drug-likeness (QED) is 0.793. The zero-order valence-corrected chi connectivity index (χ0v) is 9.57. The molecule has 0 radical (unpaired) electrons. The fourth-order valence-electron chi connectivity index (χ4n) is 1.25. The Labute approximate surface area is 88.5 Å². The van der Waals surface area contributed by atoms with Crippen LogP contribution in [-0.2, 0) is 4.79 Å². The van der Waals surface area contributed by atoms with E-state index in [0.717, 1.165) is 0 Å². The summed E-state index contributed by atoms with van der Waals surface area (Å²) in [6, 6.07) is 2.34. The van der Waals surface area contributed by atoms with Gasteiger partial charge in [0.1, 0.15) is 0 Å². The average Bonchev–Trinajstić information content (AvgIpc) is 2.60. The molecule has 1 heterocycles. The van der Waals surface area contributed by atoms with Crippen molar-refractivity contribution in [3.05, 3.63) is 21.9 Å². The van der Waals surface area contributed by atoms with Crippen LogP contribution in [0, 0.1) is 6.92 Å². The summed E-state index contributed by atoms with van der Waals surface area (Å²) < 4.78 is 0. The summed E-state index contributed by atoms with van der Waals surface area (Å²) in [6.45, 7) is 4.53. The van der Waals surface area contributed by atoms with E-state index in [1.54, 1.807) is 18.4 Å². The SMILES string of the molecule is CNC(=O)CNC(C)c1sccc1C. The van der Waals surface area contributed by atoms with Crippen molar-refractivity contribution in [3.8, 4) is 0 Å². The third kappa shape index (κ3) is 2.82. The summed E-state index contributed by atoms with van der Waals surface area (Å²) in [7, 11) is 1.64. The Bertz CT molecular complexity index is 309. The minimum absolute atomic E-state index is 0.0195. The average molecular weight is 212 g/mol. The van der Waals surface area contributed by atoms with E-state index in [0.29, 0.717) is 6.54 Å². The first-order valence-corrected chi connectivity index (χ1v) is 5.51. The lowest BCUT2D eigenvalue weighted by molar-refractivity contribution is -0.119. The van der Waals surface area contributed by atoms with Crippen LogP contribution in [0.25, 0.3) is 0 Å². The van der Waals surface area contributed by atoms with Crippen LogP contribution in [0.1, 0.15) is 23.4 Å². The van der Waals surface area contributed by atoms with Gasteiger partial charge in [-0.3, -0.25) is 4.79 Å². The van der Waals surface area contributed by atoms with Crippen molar-refractivity contribution in [2.45, 2.75) is 19.9 Å². The van der Waals surface area contributed by atoms with Gasteiger partial charge in [0.25, 0.3) is 0 Å². The van der Waals surface area contributed by atoms with Crippen LogP contribution in [0.4, 0.5) is 0 Å². The minimum atomic E-state index is 0.0195. The molecule has 2 N–H and O–H groups in total. The molecule has 0 aliphatic heterocycles. The molecule has 0 saturated carbocycles. The molecule has 1 rings (SSSR count). The molecule has 1 unspecified atom stereocenters. The molecule has 0 aliphatic carbocycles. The third-order valence-electron chi connectivity index (χ3n) is 2.14. The number of hydrogen-bond acceptors (Lipinski definition) is 3. The number of rotatable bonds is 4. The highest BCUT2D eigenvalue weighted by Gasteiger charge is 2.09. The maximum atomic E-state index is 11.0. The lowest BCUT2D eigenvalue weighted by Gasteiger charge is -2.12. The number of nitrogens with one attached hydrogen (secondary N) is 2. The standard InChI is InChI=1S/C10H16N2OS/c1-7-4-5-14-10(7)8(2)12-6-9(13)11-3/h4-5,8,12H,6H2,1-3H3,(H,11,13). The second-order valence-corrected chi connectivity index (χ2v) is 4.19. The molecule has 3 nitrogen and oxygen atoms in total. The Kier molecular flexibility index (Phi) is 4.10. The number of amides is 1. The molecular weight excluding hydrogens is 196 g/mol. The van der Waals surface area contributed by atoms with Crippen LogP contribution in [0.2, 0.25) is 0 Å². The lowest BCUT2D eigenvalue weighted by atomic mass is 10.2. The predicted octanol–water partition coefficient (Wildman–Crippen LogP) is 1.45. The Morgan fingerprint density at radius 3 is 2.86 bits per heavy atom. The van der Waals surface area contributed by atoms with Gasteiger partial charge in [0, 0.05) is 18.0 Å². The number of carbonyl (C=O) groups excluding carboxylic acids is 1. The van der Waals surface area contributed by atoms with Gasteiger partial charge in [-0.1, -0.05) is 0 Å². The molecule has 0 aromatic carbocycles. The topological polar surface area (TPSA) is 41.1 Å². The first kappa shape index (κ1) is 11.2. The summed E-state index contributed by atoms with van der Waals surface area (Å²) in [6.07, 6.45) is 0. The minimum Gasteiger partial charge on any atom is -0.358 e. The molecule has 1 aromatic rings. The number of aryl methyl sites for hydroxylation is 1. The second kappa shape index (κ2) is 5.12. The van der Waals surface area contributed by atoms with E-state index in [4.69, 9.17) is 0 Å². The Balaban J connectivity index is 2.47. The number of carbonyl (C=O) groups is 1. The van der Waals surface area contributed by atoms with Crippen LogP contribution in [0.3, 0.4) is 0 Å². The lowest BCUT2D eigenvalue weighted by Crippen LogP contribution is -2.32. The molecule has 4 heteroatoms. The van der Waals surface area contributed by atoms with Crippen molar-refractivity contribution in [1.82, 2.24) is 10.6 Å². The van der Waals surface area contributed by atoms with E-state index >= 15 is 0 Å². The number of likely N-dealkylation sites (N-methyl/N-ethyl adjacent to an activating group) is 1. The summed E-state index contributed by atoms with van der Waals surface area (Å²) in [5.74, 6) is 0.0195. The Hall–Kier alpha value is -0.870. The summed E-state index contributed by atoms with van der Waals surface area (Å²) >= 11 is 1.72. The molecule has 0 fully saturated rings. The van der Waals surface area contributed by atoms with Crippen LogP contribution < -0.4 is 10.6 Å². The molecule has 1 aromatic heterocycles. The highest BCUT2D eigenvalue weighted by Crippen LogP contribution is 2.22. The first-order chi connectivity index (χ1) is 6.65. The van der Waals surface area contributed by atoms with Crippen molar-refractivity contribution >= 4 is 17.2 Å². The van der Waals surface area contributed by atoms with Gasteiger partial charge in [0.2, 0.25) is 5.91 Å². The van der Waals surface area contributed by atoms with Gasteiger partial charge in [-0.05, 0) is 30.9 Å². The van der Waals surface area contributed by atoms with Crippen molar-refractivity contribution in [3.63, 3.8) is 0 Å². The largest absolute Gasteiger partial charge is 0.358 e. The van der Waals surface area contributed by atoms with Gasteiger partial charge in [-0.25, -0.2) is 0 Å². The third-order valence-corrected chi connectivity index (χ3v) is 3.34. The summed E-state index contributed by atoms with van der Waals surface area (Å²) in [5, 5.41) is 7.83. The molecule has 78 valence electrons. The number of hydrogen-bond donors (Lipinski definition) is 2.